The summed E-state index contributed by atoms with van der Waals surface area (Å²) in [5, 5.41) is 17.5. The molecule has 1 aromatic carbocycles. The number of aliphatic hydroxyl groups excluding tert-OH is 1. The molecule has 1 saturated heterocycles. The summed E-state index contributed by atoms with van der Waals surface area (Å²) in [6.45, 7) is -0.152. The van der Waals surface area contributed by atoms with Gasteiger partial charge in [-0.3, -0.25) is 4.57 Å². The van der Waals surface area contributed by atoms with E-state index in [1.165, 1.54) is 24.9 Å². The number of nitrogens with two attached hydrogens (primary N) is 1. The van der Waals surface area contributed by atoms with E-state index in [-0.39, 0.29) is 12.2 Å². The van der Waals surface area contributed by atoms with E-state index in [1.54, 1.807) is 18.2 Å². The van der Waals surface area contributed by atoms with Crippen molar-refractivity contribution >= 4 is 23.5 Å². The Kier molecular flexibility index (Phi) is 7.16. The summed E-state index contributed by atoms with van der Waals surface area (Å²) in [7, 11) is 1.45. The van der Waals surface area contributed by atoms with Crippen molar-refractivity contribution in [1.29, 1.82) is 0 Å². The monoisotopic (exact) mass is 399 g/mol. The van der Waals surface area contributed by atoms with Crippen LogP contribution in [0.2, 0.25) is 0 Å². The third kappa shape index (κ3) is 5.18. The summed E-state index contributed by atoms with van der Waals surface area (Å²) in [5.74, 6) is -1.32. The Bertz CT molecular complexity index is 862. The summed E-state index contributed by atoms with van der Waals surface area (Å²) < 4.78 is 24.3. The van der Waals surface area contributed by atoms with Gasteiger partial charge in [-0.15, -0.1) is 11.8 Å². The van der Waals surface area contributed by atoms with E-state index in [0.717, 1.165) is 10.8 Å². The van der Waals surface area contributed by atoms with Crippen molar-refractivity contribution in [3.63, 3.8) is 0 Å². The number of ether oxygens (including phenoxy) is 2. The van der Waals surface area contributed by atoms with E-state index in [0.29, 0.717) is 11.5 Å². The predicted molar refractivity (Wildman–Crippen MR) is 96.3 cm³/mol. The number of para-hydroxylation sites is 1. The summed E-state index contributed by atoms with van der Waals surface area (Å²) in [4.78, 5) is 25.3. The number of carbonyl (C=O) groups is 1. The lowest BCUT2D eigenvalue weighted by molar-refractivity contribution is -0.00677. The zero-order chi connectivity index (χ0) is 20.0. The maximum absolute atomic E-state index is 13.1. The minimum absolute atomic E-state index is 0.152. The number of aromatic nitrogens is 2. The number of carboxylic acids is 1. The van der Waals surface area contributed by atoms with Crippen LogP contribution in [0.1, 0.15) is 16.6 Å². The topological polar surface area (TPSA) is 137 Å². The molecule has 2 atom stereocenters. The SMILES string of the molecule is COc1ccccc1C(=O)O.Nc1nc(=O)n([C@@H]2CS[C@H](CO)O2)cc1F. The first-order valence-electron chi connectivity index (χ1n) is 7.65. The van der Waals surface area contributed by atoms with E-state index < -0.39 is 35.0 Å². The van der Waals surface area contributed by atoms with E-state index in [4.69, 9.17) is 25.4 Å². The van der Waals surface area contributed by atoms with Crippen LogP contribution in [0.4, 0.5) is 10.2 Å². The molecule has 0 aliphatic carbocycles. The van der Waals surface area contributed by atoms with Gasteiger partial charge in [-0.25, -0.2) is 14.0 Å². The Balaban J connectivity index is 0.000000208. The highest BCUT2D eigenvalue weighted by atomic mass is 32.2. The molecule has 1 aliphatic rings. The molecular formula is C16H18FN3O6S. The molecule has 2 heterocycles. The number of hydrogen-bond donors (Lipinski definition) is 3. The van der Waals surface area contributed by atoms with Crippen LogP contribution >= 0.6 is 11.8 Å². The molecule has 27 heavy (non-hydrogen) atoms. The van der Waals surface area contributed by atoms with Crippen LogP contribution in [-0.2, 0) is 4.74 Å². The number of anilines is 1. The molecule has 4 N–H and O–H groups in total. The van der Waals surface area contributed by atoms with Gasteiger partial charge in [-0.1, -0.05) is 12.1 Å². The molecule has 1 aromatic heterocycles. The summed E-state index contributed by atoms with van der Waals surface area (Å²) in [5.41, 5.74) is 4.29. The fraction of sp³-hybridized carbons (Fsp3) is 0.312. The standard InChI is InChI=1S/C8H10FN3O3S.C8H8O3/c9-4-1-12(8(14)11-7(4)10)5-3-16-6(2-13)15-5;1-11-7-5-3-2-4-6(7)8(9)10/h1,5-6,13H,2-3H2,(H2,10,11,14);2-5H,1H3,(H,9,10)/t5-,6+;/m0./s1. The predicted octanol–water partition coefficient (Wildman–Crippen LogP) is 0.938. The van der Waals surface area contributed by atoms with Crippen molar-refractivity contribution < 1.29 is 28.9 Å². The Morgan fingerprint density at radius 3 is 2.78 bits per heavy atom. The van der Waals surface area contributed by atoms with Gasteiger partial charge in [0.1, 0.15) is 23.0 Å². The largest absolute Gasteiger partial charge is 0.496 e. The number of nitrogen functional groups attached to an aromatic ring is 1. The van der Waals surface area contributed by atoms with Gasteiger partial charge in [-0.05, 0) is 12.1 Å². The summed E-state index contributed by atoms with van der Waals surface area (Å²) >= 11 is 1.35. The molecule has 2 aromatic rings. The van der Waals surface area contributed by atoms with Crippen LogP contribution in [0.5, 0.6) is 5.75 Å². The number of halogens is 1. The molecule has 146 valence electrons. The number of methoxy groups -OCH3 is 1. The zero-order valence-electron chi connectivity index (χ0n) is 14.2. The van der Waals surface area contributed by atoms with Gasteiger partial charge in [0.25, 0.3) is 0 Å². The summed E-state index contributed by atoms with van der Waals surface area (Å²) in [6.07, 6.45) is 0.354. The molecule has 0 radical (unpaired) electrons. The Morgan fingerprint density at radius 2 is 2.22 bits per heavy atom. The van der Waals surface area contributed by atoms with Crippen LogP contribution in [0, 0.1) is 5.82 Å². The zero-order valence-corrected chi connectivity index (χ0v) is 15.1. The van der Waals surface area contributed by atoms with E-state index in [2.05, 4.69) is 4.98 Å². The average Bonchev–Trinajstić information content (AvgIpc) is 3.14. The first-order chi connectivity index (χ1) is 12.9. The number of hydrogen-bond acceptors (Lipinski definition) is 8. The van der Waals surface area contributed by atoms with Crippen LogP contribution in [0.25, 0.3) is 0 Å². The third-order valence-electron chi connectivity index (χ3n) is 3.46. The molecule has 0 amide bonds. The minimum Gasteiger partial charge on any atom is -0.496 e. The maximum atomic E-state index is 13.1. The lowest BCUT2D eigenvalue weighted by Crippen LogP contribution is -2.29. The fourth-order valence-electron chi connectivity index (χ4n) is 2.17. The highest BCUT2D eigenvalue weighted by Crippen LogP contribution is 2.30. The van der Waals surface area contributed by atoms with Crippen molar-refractivity contribution in [2.24, 2.45) is 0 Å². The smallest absolute Gasteiger partial charge is 0.351 e. The fourth-order valence-corrected chi connectivity index (χ4v) is 3.10. The van der Waals surface area contributed by atoms with Crippen LogP contribution in [0.15, 0.2) is 35.3 Å². The van der Waals surface area contributed by atoms with Gasteiger partial charge in [-0.2, -0.15) is 4.98 Å². The Morgan fingerprint density at radius 1 is 1.52 bits per heavy atom. The van der Waals surface area contributed by atoms with Gasteiger partial charge in [0.05, 0.1) is 19.9 Å². The van der Waals surface area contributed by atoms with Crippen LogP contribution < -0.4 is 16.2 Å². The minimum atomic E-state index is -0.970. The number of aliphatic hydroxyl groups is 1. The maximum Gasteiger partial charge on any atom is 0.351 e. The molecule has 1 fully saturated rings. The van der Waals surface area contributed by atoms with Gasteiger partial charge in [0.2, 0.25) is 0 Å². The molecule has 1 aliphatic heterocycles. The van der Waals surface area contributed by atoms with Crippen molar-refractivity contribution in [3.8, 4) is 5.75 Å². The van der Waals surface area contributed by atoms with Crippen molar-refractivity contribution in [1.82, 2.24) is 9.55 Å². The second-order valence-corrected chi connectivity index (χ2v) is 6.40. The second kappa shape index (κ2) is 9.35. The lowest BCUT2D eigenvalue weighted by Gasteiger charge is -2.13. The highest BCUT2D eigenvalue weighted by molar-refractivity contribution is 8.00. The number of aromatic carboxylic acids is 1. The van der Waals surface area contributed by atoms with Gasteiger partial charge < -0.3 is 25.4 Å². The average molecular weight is 399 g/mol. The number of carboxylic acid groups (broad SMARTS) is 1. The number of nitrogens with zero attached hydrogens (tertiary/aromatic N) is 2. The van der Waals surface area contributed by atoms with Crippen LogP contribution in [-0.4, -0.2) is 50.6 Å². The van der Waals surface area contributed by atoms with E-state index in [9.17, 15) is 14.0 Å². The van der Waals surface area contributed by atoms with Gasteiger partial charge >= 0.3 is 11.7 Å². The number of rotatable bonds is 4. The summed E-state index contributed by atoms with van der Waals surface area (Å²) in [6, 6.07) is 6.50. The van der Waals surface area contributed by atoms with Crippen molar-refractivity contribution in [2.75, 3.05) is 25.2 Å². The Hall–Kier alpha value is -2.63. The molecule has 11 heteroatoms. The van der Waals surface area contributed by atoms with Crippen molar-refractivity contribution in [3.05, 3.63) is 52.3 Å². The van der Waals surface area contributed by atoms with E-state index in [1.807, 2.05) is 0 Å². The van der Waals surface area contributed by atoms with Crippen molar-refractivity contribution in [2.45, 2.75) is 11.7 Å². The Labute approximate surface area is 157 Å². The molecular weight excluding hydrogens is 381 g/mol. The first-order valence-corrected chi connectivity index (χ1v) is 8.70. The quantitative estimate of drug-likeness (QED) is 0.686. The number of benzene rings is 1. The van der Waals surface area contributed by atoms with E-state index >= 15 is 0 Å². The molecule has 3 rings (SSSR count). The lowest BCUT2D eigenvalue weighted by atomic mass is 10.2. The second-order valence-electron chi connectivity index (χ2n) is 5.21. The number of thioether (sulfide) groups is 1. The molecule has 0 saturated carbocycles. The normalized spacial score (nSPS) is 18.5. The highest BCUT2D eigenvalue weighted by Gasteiger charge is 2.28. The van der Waals surface area contributed by atoms with Crippen LogP contribution in [0.3, 0.4) is 0 Å². The molecule has 9 nitrogen and oxygen atoms in total. The molecule has 0 unspecified atom stereocenters. The van der Waals surface area contributed by atoms with Gasteiger partial charge in [0, 0.05) is 5.75 Å². The van der Waals surface area contributed by atoms with Gasteiger partial charge in [0.15, 0.2) is 11.6 Å². The molecule has 0 bridgehead atoms. The third-order valence-corrected chi connectivity index (χ3v) is 4.57. The molecule has 0 spiro atoms. The first kappa shape index (κ1) is 20.7.